The monoisotopic (exact) mass is 316 g/mol. The second-order valence-electron chi connectivity index (χ2n) is 5.32. The zero-order chi connectivity index (χ0) is 16.2. The average molecular weight is 316 g/mol. The van der Waals surface area contributed by atoms with E-state index in [0.29, 0.717) is 25.1 Å². The van der Waals surface area contributed by atoms with Crippen LogP contribution < -0.4 is 5.73 Å². The predicted molar refractivity (Wildman–Crippen MR) is 74.9 cm³/mol. The van der Waals surface area contributed by atoms with E-state index in [9.17, 15) is 18.0 Å². The Bertz CT molecular complexity index is 520. The zero-order valence-electron chi connectivity index (χ0n) is 12.1. The highest BCUT2D eigenvalue weighted by Crippen LogP contribution is 2.30. The van der Waals surface area contributed by atoms with Gasteiger partial charge < -0.3 is 15.4 Å². The van der Waals surface area contributed by atoms with Gasteiger partial charge in [0.1, 0.15) is 6.61 Å². The highest BCUT2D eigenvalue weighted by atomic mass is 19.4. The van der Waals surface area contributed by atoms with Crippen molar-refractivity contribution in [3.63, 3.8) is 0 Å². The first-order valence-electron chi connectivity index (χ1n) is 7.15. The first-order valence-corrected chi connectivity index (χ1v) is 7.15. The van der Waals surface area contributed by atoms with Crippen molar-refractivity contribution >= 4 is 5.91 Å². The number of hydrogen-bond acceptors (Lipinski definition) is 3. The minimum absolute atomic E-state index is 0.0297. The number of nitrogens with zero attached hydrogens (tertiary/aromatic N) is 1. The normalized spacial score (nSPS) is 19.5. The van der Waals surface area contributed by atoms with Crippen molar-refractivity contribution in [3.8, 4) is 0 Å². The molecule has 2 N–H and O–H groups in total. The molecule has 1 aliphatic rings. The molecule has 0 bridgehead atoms. The SMILES string of the molecule is NCCCC1COCC(=O)N1Cc1cccc(C(F)(F)F)c1. The van der Waals surface area contributed by atoms with Gasteiger partial charge in [0.25, 0.3) is 0 Å². The summed E-state index contributed by atoms with van der Waals surface area (Å²) in [4.78, 5) is 13.6. The van der Waals surface area contributed by atoms with Crippen LogP contribution in [0.25, 0.3) is 0 Å². The largest absolute Gasteiger partial charge is 0.416 e. The number of alkyl halides is 3. The molecule has 0 saturated carbocycles. The summed E-state index contributed by atoms with van der Waals surface area (Å²) in [5.74, 6) is -0.203. The summed E-state index contributed by atoms with van der Waals surface area (Å²) in [6, 6.07) is 4.93. The van der Waals surface area contributed by atoms with E-state index in [-0.39, 0.29) is 25.1 Å². The van der Waals surface area contributed by atoms with Crippen LogP contribution in [0.5, 0.6) is 0 Å². The fourth-order valence-electron chi connectivity index (χ4n) is 2.51. The summed E-state index contributed by atoms with van der Waals surface area (Å²) in [6.45, 7) is 1.02. The molecule has 1 aromatic rings. The van der Waals surface area contributed by atoms with E-state index in [2.05, 4.69) is 0 Å². The molecule has 122 valence electrons. The molecule has 1 aromatic carbocycles. The Kier molecular flexibility index (Phi) is 5.42. The number of benzene rings is 1. The second-order valence-corrected chi connectivity index (χ2v) is 5.32. The summed E-state index contributed by atoms with van der Waals surface area (Å²) in [7, 11) is 0. The molecule has 0 spiro atoms. The van der Waals surface area contributed by atoms with Crippen molar-refractivity contribution in [3.05, 3.63) is 35.4 Å². The second kappa shape index (κ2) is 7.11. The minimum Gasteiger partial charge on any atom is -0.369 e. The maximum atomic E-state index is 12.8. The van der Waals surface area contributed by atoms with Crippen LogP contribution in [0.15, 0.2) is 24.3 Å². The van der Waals surface area contributed by atoms with Crippen LogP contribution in [0.2, 0.25) is 0 Å². The maximum absolute atomic E-state index is 12.8. The molecule has 7 heteroatoms. The molecule has 1 heterocycles. The topological polar surface area (TPSA) is 55.6 Å². The van der Waals surface area contributed by atoms with Crippen molar-refractivity contribution in [2.24, 2.45) is 5.73 Å². The molecule has 1 saturated heterocycles. The van der Waals surface area contributed by atoms with Crippen LogP contribution in [0.3, 0.4) is 0 Å². The summed E-state index contributed by atoms with van der Waals surface area (Å²) in [5, 5.41) is 0. The first kappa shape index (κ1) is 16.8. The van der Waals surface area contributed by atoms with E-state index in [1.165, 1.54) is 6.07 Å². The fourth-order valence-corrected chi connectivity index (χ4v) is 2.51. The zero-order valence-corrected chi connectivity index (χ0v) is 12.1. The van der Waals surface area contributed by atoms with Gasteiger partial charge in [-0.1, -0.05) is 12.1 Å². The van der Waals surface area contributed by atoms with Crippen molar-refractivity contribution in [1.82, 2.24) is 4.90 Å². The van der Waals surface area contributed by atoms with Crippen LogP contribution in [-0.4, -0.2) is 36.6 Å². The van der Waals surface area contributed by atoms with Crippen molar-refractivity contribution in [2.45, 2.75) is 31.6 Å². The molecule has 2 rings (SSSR count). The van der Waals surface area contributed by atoms with Crippen molar-refractivity contribution in [2.75, 3.05) is 19.8 Å². The summed E-state index contributed by atoms with van der Waals surface area (Å²) in [6.07, 6.45) is -2.97. The Morgan fingerprint density at radius 3 is 2.82 bits per heavy atom. The van der Waals surface area contributed by atoms with Gasteiger partial charge in [0.15, 0.2) is 0 Å². The first-order chi connectivity index (χ1) is 10.4. The molecule has 0 radical (unpaired) electrons. The number of carbonyl (C=O) groups excluding carboxylic acids is 1. The van der Waals surface area contributed by atoms with Gasteiger partial charge in [0, 0.05) is 6.54 Å². The Balaban J connectivity index is 2.13. The molecule has 1 amide bonds. The predicted octanol–water partition coefficient (Wildman–Crippen LogP) is 2.17. The van der Waals surface area contributed by atoms with Crippen molar-refractivity contribution in [1.29, 1.82) is 0 Å². The smallest absolute Gasteiger partial charge is 0.369 e. The van der Waals surface area contributed by atoms with E-state index in [1.54, 1.807) is 11.0 Å². The third kappa shape index (κ3) is 4.20. The lowest BCUT2D eigenvalue weighted by Gasteiger charge is -2.35. The number of rotatable bonds is 5. The van der Waals surface area contributed by atoms with E-state index < -0.39 is 11.7 Å². The number of hydrogen-bond donors (Lipinski definition) is 1. The third-order valence-electron chi connectivity index (χ3n) is 3.65. The van der Waals surface area contributed by atoms with Crippen molar-refractivity contribution < 1.29 is 22.7 Å². The lowest BCUT2D eigenvalue weighted by atomic mass is 10.1. The lowest BCUT2D eigenvalue weighted by molar-refractivity contribution is -0.149. The summed E-state index contributed by atoms with van der Waals surface area (Å²) in [5.41, 5.74) is 5.23. The highest BCUT2D eigenvalue weighted by molar-refractivity contribution is 5.78. The molecule has 0 aromatic heterocycles. The molecular weight excluding hydrogens is 297 g/mol. The maximum Gasteiger partial charge on any atom is 0.416 e. The Morgan fingerprint density at radius 2 is 2.14 bits per heavy atom. The highest BCUT2D eigenvalue weighted by Gasteiger charge is 2.32. The van der Waals surface area contributed by atoms with E-state index in [4.69, 9.17) is 10.5 Å². The molecule has 0 aliphatic carbocycles. The van der Waals surface area contributed by atoms with Gasteiger partial charge in [-0.05, 0) is 37.1 Å². The fraction of sp³-hybridized carbons (Fsp3) is 0.533. The van der Waals surface area contributed by atoms with Gasteiger partial charge in [-0.15, -0.1) is 0 Å². The van der Waals surface area contributed by atoms with Crippen LogP contribution in [0.1, 0.15) is 24.0 Å². The number of nitrogens with two attached hydrogens (primary N) is 1. The van der Waals surface area contributed by atoms with E-state index in [0.717, 1.165) is 18.6 Å². The van der Waals surface area contributed by atoms with Gasteiger partial charge in [-0.3, -0.25) is 4.79 Å². The molecule has 4 nitrogen and oxygen atoms in total. The van der Waals surface area contributed by atoms with Crippen LogP contribution in [-0.2, 0) is 22.3 Å². The van der Waals surface area contributed by atoms with Gasteiger partial charge in [0.05, 0.1) is 18.2 Å². The molecular formula is C15H19F3N2O2. The standard InChI is InChI=1S/C15H19F3N2O2/c16-15(17,18)12-4-1-3-11(7-12)8-20-13(5-2-6-19)9-22-10-14(20)21/h1,3-4,7,13H,2,5-6,8-10,19H2. The minimum atomic E-state index is -4.38. The van der Waals surface area contributed by atoms with Crippen LogP contribution in [0, 0.1) is 0 Å². The van der Waals surface area contributed by atoms with Crippen LogP contribution in [0.4, 0.5) is 13.2 Å². The Hall–Kier alpha value is -1.60. The van der Waals surface area contributed by atoms with E-state index in [1.807, 2.05) is 0 Å². The number of halogens is 3. The summed E-state index contributed by atoms with van der Waals surface area (Å²) < 4.78 is 43.5. The van der Waals surface area contributed by atoms with Gasteiger partial charge in [-0.2, -0.15) is 13.2 Å². The summed E-state index contributed by atoms with van der Waals surface area (Å²) >= 11 is 0. The molecule has 1 unspecified atom stereocenters. The number of carbonyl (C=O) groups is 1. The lowest BCUT2D eigenvalue weighted by Crippen LogP contribution is -2.48. The van der Waals surface area contributed by atoms with Gasteiger partial charge in [0.2, 0.25) is 5.91 Å². The average Bonchev–Trinajstić information content (AvgIpc) is 2.47. The van der Waals surface area contributed by atoms with Gasteiger partial charge in [-0.25, -0.2) is 0 Å². The Labute approximate surface area is 127 Å². The number of amides is 1. The number of morpholine rings is 1. The number of ether oxygens (including phenoxy) is 1. The van der Waals surface area contributed by atoms with Crippen LogP contribution >= 0.6 is 0 Å². The van der Waals surface area contributed by atoms with E-state index >= 15 is 0 Å². The molecule has 22 heavy (non-hydrogen) atoms. The molecule has 1 aliphatic heterocycles. The quantitative estimate of drug-likeness (QED) is 0.906. The Morgan fingerprint density at radius 1 is 1.36 bits per heavy atom. The third-order valence-corrected chi connectivity index (χ3v) is 3.65. The molecule has 1 atom stereocenters. The molecule has 1 fully saturated rings. The van der Waals surface area contributed by atoms with Gasteiger partial charge >= 0.3 is 6.18 Å².